The Hall–Kier alpha value is -0.870. The van der Waals surface area contributed by atoms with Crippen molar-refractivity contribution in [3.05, 3.63) is 27.4 Å². The minimum atomic E-state index is -0.388. The first kappa shape index (κ1) is 14.5. The minimum Gasteiger partial charge on any atom is -0.319 e. The Morgan fingerprint density at radius 3 is 2.47 bits per heavy atom. The van der Waals surface area contributed by atoms with E-state index < -0.39 is 0 Å². The molecule has 1 fully saturated rings. The lowest BCUT2D eigenvalue weighted by atomic mass is 9.97. The van der Waals surface area contributed by atoms with E-state index in [2.05, 4.69) is 4.98 Å². The summed E-state index contributed by atoms with van der Waals surface area (Å²) >= 11 is 0. The van der Waals surface area contributed by atoms with E-state index in [4.69, 9.17) is 10.7 Å². The van der Waals surface area contributed by atoms with Crippen molar-refractivity contribution in [2.75, 3.05) is 0 Å². The monoisotopic (exact) mass is 283 g/mol. The molecule has 0 amide bonds. The first-order valence-corrected chi connectivity index (χ1v) is 7.10. The molecule has 1 heterocycles. The Labute approximate surface area is 119 Å². The largest absolute Gasteiger partial charge is 0.319 e. The van der Waals surface area contributed by atoms with Gasteiger partial charge in [0.1, 0.15) is 5.82 Å². The summed E-state index contributed by atoms with van der Waals surface area (Å²) in [6.45, 7) is 0. The Morgan fingerprint density at radius 2 is 1.74 bits per heavy atom. The molecule has 3 N–H and O–H groups in total. The summed E-state index contributed by atoms with van der Waals surface area (Å²) in [4.78, 5) is 19.8. The number of nitrogens with zero attached hydrogens (tertiary/aromatic N) is 1. The van der Waals surface area contributed by atoms with Crippen molar-refractivity contribution in [3.63, 3.8) is 0 Å². The third-order valence-electron chi connectivity index (χ3n) is 4.41. The first-order chi connectivity index (χ1) is 8.69. The van der Waals surface area contributed by atoms with E-state index in [0.717, 1.165) is 68.4 Å². The van der Waals surface area contributed by atoms with E-state index in [1.54, 1.807) is 0 Å². The fourth-order valence-corrected chi connectivity index (χ4v) is 3.26. The number of hydrogen-bond acceptors (Lipinski definition) is 3. The number of rotatable bonds is 1. The second kappa shape index (κ2) is 5.63. The van der Waals surface area contributed by atoms with Crippen LogP contribution in [0.1, 0.15) is 62.0 Å². The number of halogens is 1. The molecule has 3 rings (SSSR count). The Morgan fingerprint density at radius 1 is 1.05 bits per heavy atom. The Bertz CT molecular complexity index is 506. The predicted molar refractivity (Wildman–Crippen MR) is 77.7 cm³/mol. The van der Waals surface area contributed by atoms with Crippen LogP contribution < -0.4 is 11.3 Å². The van der Waals surface area contributed by atoms with Crippen LogP contribution in [0.3, 0.4) is 0 Å². The van der Waals surface area contributed by atoms with Gasteiger partial charge in [0.25, 0.3) is 5.56 Å². The second-order valence-corrected chi connectivity index (χ2v) is 5.76. The van der Waals surface area contributed by atoms with Crippen molar-refractivity contribution < 1.29 is 0 Å². The van der Waals surface area contributed by atoms with Crippen molar-refractivity contribution in [2.45, 2.75) is 63.3 Å². The zero-order chi connectivity index (χ0) is 12.6. The zero-order valence-corrected chi connectivity index (χ0v) is 12.0. The highest BCUT2D eigenvalue weighted by atomic mass is 35.5. The lowest BCUT2D eigenvalue weighted by Crippen LogP contribution is -2.38. The van der Waals surface area contributed by atoms with Crippen molar-refractivity contribution in [1.29, 1.82) is 0 Å². The number of aromatic amines is 1. The third-order valence-corrected chi connectivity index (χ3v) is 4.41. The lowest BCUT2D eigenvalue weighted by molar-refractivity contribution is 0.427. The fourth-order valence-electron chi connectivity index (χ4n) is 3.26. The molecule has 1 saturated carbocycles. The van der Waals surface area contributed by atoms with Gasteiger partial charge in [-0.3, -0.25) is 4.79 Å². The van der Waals surface area contributed by atoms with Gasteiger partial charge in [-0.15, -0.1) is 12.4 Å². The van der Waals surface area contributed by atoms with Crippen molar-refractivity contribution >= 4 is 12.4 Å². The quantitative estimate of drug-likeness (QED) is 0.776. The molecule has 0 bridgehead atoms. The summed E-state index contributed by atoms with van der Waals surface area (Å²) in [5.74, 6) is 0.727. The van der Waals surface area contributed by atoms with Gasteiger partial charge >= 0.3 is 0 Å². The van der Waals surface area contributed by atoms with Crippen LogP contribution in [-0.4, -0.2) is 9.97 Å². The van der Waals surface area contributed by atoms with Gasteiger partial charge in [-0.2, -0.15) is 0 Å². The molecular formula is C14H22ClN3O. The topological polar surface area (TPSA) is 71.8 Å². The van der Waals surface area contributed by atoms with Crippen LogP contribution in [0, 0.1) is 0 Å². The third kappa shape index (κ3) is 2.70. The molecule has 2 aliphatic carbocycles. The van der Waals surface area contributed by atoms with Gasteiger partial charge in [0, 0.05) is 5.56 Å². The highest BCUT2D eigenvalue weighted by Crippen LogP contribution is 2.34. The summed E-state index contributed by atoms with van der Waals surface area (Å²) in [5.41, 5.74) is 7.95. The van der Waals surface area contributed by atoms with E-state index in [0.29, 0.717) is 0 Å². The molecule has 0 aliphatic heterocycles. The number of H-pyrrole nitrogens is 1. The normalized spacial score (nSPS) is 21.3. The summed E-state index contributed by atoms with van der Waals surface area (Å²) in [7, 11) is 0. The van der Waals surface area contributed by atoms with Gasteiger partial charge in [-0.05, 0) is 38.5 Å². The number of aryl methyl sites for hydroxylation is 1. The Balaban J connectivity index is 0.00000133. The second-order valence-electron chi connectivity index (χ2n) is 5.76. The van der Waals surface area contributed by atoms with E-state index in [1.165, 1.54) is 6.42 Å². The zero-order valence-electron chi connectivity index (χ0n) is 11.2. The van der Waals surface area contributed by atoms with E-state index in [1.807, 2.05) is 0 Å². The molecule has 0 atom stereocenters. The maximum absolute atomic E-state index is 12.2. The molecular weight excluding hydrogens is 262 g/mol. The van der Waals surface area contributed by atoms with Gasteiger partial charge in [0.05, 0.1) is 11.2 Å². The van der Waals surface area contributed by atoms with Gasteiger partial charge in [-0.1, -0.05) is 19.3 Å². The molecule has 0 saturated heterocycles. The van der Waals surface area contributed by atoms with Crippen LogP contribution in [0.2, 0.25) is 0 Å². The van der Waals surface area contributed by atoms with Crippen LogP contribution in [-0.2, 0) is 18.4 Å². The molecule has 1 aromatic rings. The molecule has 0 unspecified atom stereocenters. The molecule has 0 spiro atoms. The van der Waals surface area contributed by atoms with Crippen LogP contribution >= 0.6 is 12.4 Å². The van der Waals surface area contributed by atoms with E-state index >= 15 is 0 Å². The smallest absolute Gasteiger partial charge is 0.254 e. The first-order valence-electron chi connectivity index (χ1n) is 7.10. The molecule has 4 nitrogen and oxygen atoms in total. The summed E-state index contributed by atoms with van der Waals surface area (Å²) in [6, 6.07) is 0. The predicted octanol–water partition coefficient (Wildman–Crippen LogP) is 2.19. The average Bonchev–Trinajstić information content (AvgIpc) is 2.66. The molecule has 0 aromatic carbocycles. The van der Waals surface area contributed by atoms with Gasteiger partial charge in [-0.25, -0.2) is 4.98 Å². The summed E-state index contributed by atoms with van der Waals surface area (Å²) in [6.07, 6.45) is 9.39. The van der Waals surface area contributed by atoms with Crippen LogP contribution in [0.4, 0.5) is 0 Å². The van der Waals surface area contributed by atoms with Gasteiger partial charge < -0.3 is 10.7 Å². The summed E-state index contributed by atoms with van der Waals surface area (Å²) < 4.78 is 0. The van der Waals surface area contributed by atoms with E-state index in [9.17, 15) is 4.79 Å². The summed E-state index contributed by atoms with van der Waals surface area (Å²) in [5, 5.41) is 0. The lowest BCUT2D eigenvalue weighted by Gasteiger charge is -2.23. The molecule has 0 radical (unpaired) electrons. The molecule has 19 heavy (non-hydrogen) atoms. The van der Waals surface area contributed by atoms with Crippen molar-refractivity contribution in [1.82, 2.24) is 9.97 Å². The molecule has 1 aromatic heterocycles. The highest BCUT2D eigenvalue weighted by molar-refractivity contribution is 5.85. The van der Waals surface area contributed by atoms with Crippen LogP contribution in [0.25, 0.3) is 0 Å². The van der Waals surface area contributed by atoms with Crippen LogP contribution in [0.5, 0.6) is 0 Å². The number of nitrogens with two attached hydrogens (primary N) is 1. The number of hydrogen-bond donors (Lipinski definition) is 2. The number of nitrogens with one attached hydrogen (secondary N) is 1. The number of fused-ring (bicyclic) bond motifs is 1. The van der Waals surface area contributed by atoms with Crippen molar-refractivity contribution in [3.8, 4) is 0 Å². The Kier molecular flexibility index (Phi) is 4.31. The maximum Gasteiger partial charge on any atom is 0.254 e. The van der Waals surface area contributed by atoms with Crippen LogP contribution in [0.15, 0.2) is 4.79 Å². The molecule has 5 heteroatoms. The van der Waals surface area contributed by atoms with Gasteiger partial charge in [0.2, 0.25) is 0 Å². The fraction of sp³-hybridized carbons (Fsp3) is 0.714. The highest BCUT2D eigenvalue weighted by Gasteiger charge is 2.34. The average molecular weight is 284 g/mol. The van der Waals surface area contributed by atoms with E-state index in [-0.39, 0.29) is 23.5 Å². The molecule has 106 valence electrons. The minimum absolute atomic E-state index is 0. The standard InChI is InChI=1S/C14H21N3O.ClH/c15-14(8-4-5-9-14)13-16-11-7-3-1-2-6-10(11)12(18)17-13;/h1-9,15H2,(H,16,17,18);1H. The molecule has 2 aliphatic rings. The SMILES string of the molecule is Cl.NC1(c2nc3c(c(=O)[nH]2)CCCCC3)CCCC1. The van der Waals surface area contributed by atoms with Gasteiger partial charge in [0.15, 0.2) is 0 Å². The van der Waals surface area contributed by atoms with Crippen molar-refractivity contribution in [2.24, 2.45) is 5.73 Å². The maximum atomic E-state index is 12.2. The number of aromatic nitrogens is 2.